The van der Waals surface area contributed by atoms with Gasteiger partial charge in [0.25, 0.3) is 0 Å². The van der Waals surface area contributed by atoms with Crippen molar-refractivity contribution in [2.24, 2.45) is 0 Å². The van der Waals surface area contributed by atoms with Crippen molar-refractivity contribution in [2.75, 3.05) is 57.8 Å². The number of hydrogen-bond donors (Lipinski definition) is 1. The van der Waals surface area contributed by atoms with Crippen LogP contribution in [0.3, 0.4) is 0 Å². The monoisotopic (exact) mass is 450 g/mol. The lowest BCUT2D eigenvalue weighted by molar-refractivity contribution is -0.138. The van der Waals surface area contributed by atoms with E-state index in [1.54, 1.807) is 25.7 Å². The van der Waals surface area contributed by atoms with Crippen LogP contribution in [-0.2, 0) is 9.59 Å². The first-order valence-electron chi connectivity index (χ1n) is 11.3. The number of para-hydroxylation sites is 1. The molecule has 1 aromatic heterocycles. The van der Waals surface area contributed by atoms with Crippen LogP contribution < -0.4 is 15.0 Å². The largest absolute Gasteiger partial charge is 0.496 e. The summed E-state index contributed by atoms with van der Waals surface area (Å²) in [4.78, 5) is 40.1. The maximum Gasteiger partial charge on any atom is 0.237 e. The molecule has 1 N–H and O–H groups in total. The molecule has 1 aromatic carbocycles. The summed E-state index contributed by atoms with van der Waals surface area (Å²) in [5, 5.41) is 2.91. The maximum atomic E-state index is 13.0. The minimum Gasteiger partial charge on any atom is -0.496 e. The minimum atomic E-state index is -0.466. The number of carbonyl (C=O) groups excluding carboxylic acids is 2. The molecule has 9 nitrogen and oxygen atoms in total. The van der Waals surface area contributed by atoms with Crippen LogP contribution >= 0.6 is 0 Å². The molecule has 33 heavy (non-hydrogen) atoms. The van der Waals surface area contributed by atoms with Gasteiger partial charge in [-0.05, 0) is 6.07 Å². The van der Waals surface area contributed by atoms with E-state index in [2.05, 4.69) is 25.1 Å². The highest BCUT2D eigenvalue weighted by Crippen LogP contribution is 2.19. The Bertz CT molecular complexity index is 975. The van der Waals surface area contributed by atoms with Crippen LogP contribution in [0.25, 0.3) is 6.08 Å². The fourth-order valence-corrected chi connectivity index (χ4v) is 4.26. The molecule has 0 saturated carbocycles. The third kappa shape index (κ3) is 5.67. The van der Waals surface area contributed by atoms with Gasteiger partial charge in [0.2, 0.25) is 11.8 Å². The van der Waals surface area contributed by atoms with E-state index < -0.39 is 6.04 Å². The average molecular weight is 451 g/mol. The van der Waals surface area contributed by atoms with Crippen molar-refractivity contribution in [2.45, 2.75) is 12.5 Å². The zero-order valence-corrected chi connectivity index (χ0v) is 18.9. The van der Waals surface area contributed by atoms with Crippen molar-refractivity contribution < 1.29 is 14.3 Å². The van der Waals surface area contributed by atoms with E-state index in [4.69, 9.17) is 4.74 Å². The van der Waals surface area contributed by atoms with Crippen LogP contribution in [0.5, 0.6) is 5.75 Å². The van der Waals surface area contributed by atoms with Gasteiger partial charge in [0.1, 0.15) is 11.6 Å². The predicted molar refractivity (Wildman–Crippen MR) is 126 cm³/mol. The van der Waals surface area contributed by atoms with Crippen molar-refractivity contribution in [3.63, 3.8) is 0 Å². The predicted octanol–water partition coefficient (Wildman–Crippen LogP) is 1.04. The zero-order chi connectivity index (χ0) is 23.0. The number of amides is 2. The second-order valence-electron chi connectivity index (χ2n) is 8.08. The molecule has 0 bridgehead atoms. The van der Waals surface area contributed by atoms with Gasteiger partial charge in [-0.1, -0.05) is 30.4 Å². The summed E-state index contributed by atoms with van der Waals surface area (Å²) in [6.45, 7) is 4.50. The summed E-state index contributed by atoms with van der Waals surface area (Å²) in [6.07, 6.45) is 9.25. The Labute approximate surface area is 194 Å². The van der Waals surface area contributed by atoms with Crippen LogP contribution in [0.2, 0.25) is 0 Å². The molecule has 2 aliphatic rings. The van der Waals surface area contributed by atoms with E-state index in [-0.39, 0.29) is 18.2 Å². The molecule has 2 aliphatic heterocycles. The molecule has 174 valence electrons. The number of anilines is 1. The van der Waals surface area contributed by atoms with E-state index in [1.807, 2.05) is 41.3 Å². The summed E-state index contributed by atoms with van der Waals surface area (Å²) in [5.41, 5.74) is 0.982. The van der Waals surface area contributed by atoms with Crippen molar-refractivity contribution >= 4 is 23.7 Å². The van der Waals surface area contributed by atoms with Gasteiger partial charge in [-0.3, -0.25) is 19.5 Å². The zero-order valence-electron chi connectivity index (χ0n) is 18.9. The normalized spacial score (nSPS) is 19.5. The third-order valence-electron chi connectivity index (χ3n) is 6.09. The smallest absolute Gasteiger partial charge is 0.237 e. The van der Waals surface area contributed by atoms with Gasteiger partial charge in [0.05, 0.1) is 25.8 Å². The molecule has 0 spiro atoms. The first kappa shape index (κ1) is 22.7. The fourth-order valence-electron chi connectivity index (χ4n) is 4.26. The summed E-state index contributed by atoms with van der Waals surface area (Å²) in [6, 6.07) is 7.33. The van der Waals surface area contributed by atoms with Gasteiger partial charge in [0, 0.05) is 63.8 Å². The van der Waals surface area contributed by atoms with Crippen LogP contribution in [0.1, 0.15) is 12.0 Å². The molecule has 3 heterocycles. The quantitative estimate of drug-likeness (QED) is 0.674. The van der Waals surface area contributed by atoms with Gasteiger partial charge in [0.15, 0.2) is 0 Å². The Kier molecular flexibility index (Phi) is 7.51. The molecule has 0 aliphatic carbocycles. The number of hydrogen-bond acceptors (Lipinski definition) is 7. The molecule has 4 rings (SSSR count). The number of aromatic nitrogens is 2. The second-order valence-corrected chi connectivity index (χ2v) is 8.08. The summed E-state index contributed by atoms with van der Waals surface area (Å²) in [5.74, 6) is 1.55. The highest BCUT2D eigenvalue weighted by Gasteiger charge is 2.33. The van der Waals surface area contributed by atoms with Crippen molar-refractivity contribution in [3.8, 4) is 5.75 Å². The number of benzene rings is 1. The number of nitrogens with one attached hydrogen (secondary N) is 1. The number of rotatable bonds is 7. The van der Waals surface area contributed by atoms with E-state index in [1.165, 1.54) is 0 Å². The van der Waals surface area contributed by atoms with E-state index >= 15 is 0 Å². The molecule has 2 fully saturated rings. The van der Waals surface area contributed by atoms with E-state index in [0.29, 0.717) is 45.8 Å². The van der Waals surface area contributed by atoms with E-state index in [0.717, 1.165) is 17.1 Å². The Balaban J connectivity index is 1.33. The number of nitrogens with zero attached hydrogens (tertiary/aromatic N) is 5. The molecule has 2 aromatic rings. The molecule has 1 atom stereocenters. The van der Waals surface area contributed by atoms with Crippen molar-refractivity contribution in [3.05, 3.63) is 54.5 Å². The van der Waals surface area contributed by atoms with Crippen LogP contribution in [0, 0.1) is 0 Å². The highest BCUT2D eigenvalue weighted by atomic mass is 16.5. The molecule has 2 saturated heterocycles. The lowest BCUT2D eigenvalue weighted by Crippen LogP contribution is -2.57. The molecule has 0 radical (unpaired) electrons. The molecule has 9 heteroatoms. The minimum absolute atomic E-state index is 0.00885. The maximum absolute atomic E-state index is 13.0. The van der Waals surface area contributed by atoms with Gasteiger partial charge >= 0.3 is 0 Å². The van der Waals surface area contributed by atoms with E-state index in [9.17, 15) is 9.59 Å². The van der Waals surface area contributed by atoms with Crippen LogP contribution in [0.15, 0.2) is 48.9 Å². The first-order valence-corrected chi connectivity index (χ1v) is 11.3. The SMILES string of the molecule is COc1ccccc1/C=C/CN1CCNC(=O)C1CC(=O)N1CCN(c2cnccn2)CC1. The molecule has 1 unspecified atom stereocenters. The van der Waals surface area contributed by atoms with Crippen molar-refractivity contribution in [1.29, 1.82) is 0 Å². The average Bonchev–Trinajstić information content (AvgIpc) is 2.87. The lowest BCUT2D eigenvalue weighted by Gasteiger charge is -2.38. The van der Waals surface area contributed by atoms with Crippen molar-refractivity contribution in [1.82, 2.24) is 25.1 Å². The summed E-state index contributed by atoms with van der Waals surface area (Å²) >= 11 is 0. The second kappa shape index (κ2) is 10.9. The van der Waals surface area contributed by atoms with Crippen LogP contribution in [-0.4, -0.2) is 90.5 Å². The standard InChI is InChI=1S/C24H30N6O3/c1-33-21-7-3-2-5-19(21)6-4-11-28-12-10-27-24(32)20(28)17-23(31)30-15-13-29(14-16-30)22-18-25-8-9-26-22/h2-9,18,20H,10-17H2,1H3,(H,27,32)/b6-4+. The number of carbonyl (C=O) groups is 2. The topological polar surface area (TPSA) is 90.9 Å². The summed E-state index contributed by atoms with van der Waals surface area (Å²) in [7, 11) is 1.65. The highest BCUT2D eigenvalue weighted by molar-refractivity contribution is 5.89. The third-order valence-corrected chi connectivity index (χ3v) is 6.09. The Morgan fingerprint density at radius 3 is 2.76 bits per heavy atom. The Morgan fingerprint density at radius 1 is 1.18 bits per heavy atom. The summed E-state index contributed by atoms with van der Waals surface area (Å²) < 4.78 is 5.39. The number of methoxy groups -OCH3 is 1. The van der Waals surface area contributed by atoms with Crippen LogP contribution in [0.4, 0.5) is 5.82 Å². The van der Waals surface area contributed by atoms with Gasteiger partial charge in [-0.25, -0.2) is 4.98 Å². The molecule has 2 amide bonds. The first-order chi connectivity index (χ1) is 16.2. The van der Waals surface area contributed by atoms with Gasteiger partial charge in [-0.15, -0.1) is 0 Å². The van der Waals surface area contributed by atoms with Gasteiger partial charge < -0.3 is 19.9 Å². The molecular formula is C24H30N6O3. The Morgan fingerprint density at radius 2 is 2.00 bits per heavy atom. The van der Waals surface area contributed by atoms with Gasteiger partial charge in [-0.2, -0.15) is 0 Å². The number of ether oxygens (including phenoxy) is 1. The fraction of sp³-hybridized carbons (Fsp3) is 0.417. The lowest BCUT2D eigenvalue weighted by atomic mass is 10.1. The molecular weight excluding hydrogens is 420 g/mol. The Hall–Kier alpha value is -3.46. The number of piperazine rings is 2.